The number of aromatic nitrogens is 1. The molecule has 0 bridgehead atoms. The average molecular weight is 423 g/mol. The fourth-order valence-corrected chi connectivity index (χ4v) is 3.31. The Morgan fingerprint density at radius 1 is 1.11 bits per heavy atom. The fraction of sp³-hybridized carbons (Fsp3) is 0.158. The Kier molecular flexibility index (Phi) is 5.67. The predicted molar refractivity (Wildman–Crippen MR) is 107 cm³/mol. The topological polar surface area (TPSA) is 101 Å². The zero-order valence-electron chi connectivity index (χ0n) is 14.9. The number of rotatable bonds is 6. The van der Waals surface area contributed by atoms with Crippen LogP contribution in [0.2, 0.25) is 10.0 Å². The Bertz CT molecular complexity index is 1080. The van der Waals surface area contributed by atoms with E-state index in [9.17, 15) is 14.7 Å². The number of H-pyrrole nitrogens is 1. The van der Waals surface area contributed by atoms with Crippen LogP contribution in [0, 0.1) is 0 Å². The molecule has 3 aromatic rings. The van der Waals surface area contributed by atoms with Crippen LogP contribution >= 0.6 is 23.2 Å². The van der Waals surface area contributed by atoms with Crippen LogP contribution in [-0.2, 0) is 11.2 Å². The Labute approximate surface area is 170 Å². The Hall–Kier alpha value is -2.90. The summed E-state index contributed by atoms with van der Waals surface area (Å²) in [4.78, 5) is 27.0. The number of nitrogens with one attached hydrogen (secondary N) is 2. The summed E-state index contributed by atoms with van der Waals surface area (Å²) in [6.45, 7) is 0. The van der Waals surface area contributed by atoms with E-state index in [2.05, 4.69) is 10.3 Å². The first-order valence-electron chi connectivity index (χ1n) is 8.08. The van der Waals surface area contributed by atoms with Crippen molar-refractivity contribution in [2.24, 2.45) is 0 Å². The number of methoxy groups -OCH3 is 2. The van der Waals surface area contributed by atoms with Crippen LogP contribution in [0.5, 0.6) is 11.5 Å². The highest BCUT2D eigenvalue weighted by molar-refractivity contribution is 6.32. The number of carboxylic acids is 1. The first kappa shape index (κ1) is 19.9. The number of aromatic carboxylic acids is 1. The van der Waals surface area contributed by atoms with Crippen LogP contribution < -0.4 is 14.8 Å². The summed E-state index contributed by atoms with van der Waals surface area (Å²) in [6, 6.07) is 7.97. The van der Waals surface area contributed by atoms with E-state index in [1.807, 2.05) is 0 Å². The number of aromatic amines is 1. The molecule has 0 spiro atoms. The van der Waals surface area contributed by atoms with Crippen LogP contribution in [0.25, 0.3) is 10.9 Å². The molecular weight excluding hydrogens is 407 g/mol. The third-order valence-corrected chi connectivity index (χ3v) is 4.70. The molecule has 0 aliphatic carbocycles. The van der Waals surface area contributed by atoms with Gasteiger partial charge in [-0.3, -0.25) is 4.79 Å². The molecule has 9 heteroatoms. The zero-order chi connectivity index (χ0) is 20.4. The Morgan fingerprint density at radius 3 is 2.46 bits per heavy atom. The van der Waals surface area contributed by atoms with Crippen molar-refractivity contribution in [1.82, 2.24) is 4.98 Å². The lowest BCUT2D eigenvalue weighted by Crippen LogP contribution is -2.16. The smallest absolute Gasteiger partial charge is 0.352 e. The van der Waals surface area contributed by atoms with Gasteiger partial charge in [0.05, 0.1) is 31.4 Å². The van der Waals surface area contributed by atoms with Gasteiger partial charge in [-0.25, -0.2) is 4.79 Å². The molecule has 1 heterocycles. The summed E-state index contributed by atoms with van der Waals surface area (Å²) in [5.74, 6) is -0.853. The summed E-state index contributed by atoms with van der Waals surface area (Å²) in [6.07, 6.45) is -0.186. The van der Waals surface area contributed by atoms with Gasteiger partial charge in [-0.2, -0.15) is 0 Å². The van der Waals surface area contributed by atoms with Crippen molar-refractivity contribution < 1.29 is 24.2 Å². The van der Waals surface area contributed by atoms with Gasteiger partial charge in [0.15, 0.2) is 0 Å². The summed E-state index contributed by atoms with van der Waals surface area (Å²) in [5, 5.41) is 13.5. The van der Waals surface area contributed by atoms with E-state index in [1.54, 1.807) is 24.3 Å². The SMILES string of the molecule is COc1cc(OC)c(NC(=O)Cc2c(C(=O)O)[nH]c3ccc(Cl)cc23)cc1Cl. The van der Waals surface area contributed by atoms with Crippen molar-refractivity contribution in [3.05, 3.63) is 51.6 Å². The summed E-state index contributed by atoms with van der Waals surface area (Å²) < 4.78 is 10.4. The van der Waals surface area contributed by atoms with Gasteiger partial charge in [0, 0.05) is 27.6 Å². The molecule has 3 rings (SSSR count). The maximum Gasteiger partial charge on any atom is 0.352 e. The van der Waals surface area contributed by atoms with Crippen LogP contribution in [0.4, 0.5) is 5.69 Å². The number of ether oxygens (including phenoxy) is 2. The summed E-state index contributed by atoms with van der Waals surface area (Å²) in [7, 11) is 2.91. The Morgan fingerprint density at radius 2 is 1.82 bits per heavy atom. The molecule has 0 saturated heterocycles. The summed E-state index contributed by atoms with van der Waals surface area (Å²) in [5.41, 5.74) is 1.19. The second-order valence-electron chi connectivity index (χ2n) is 5.89. The number of amides is 1. The molecule has 1 aromatic heterocycles. The van der Waals surface area contributed by atoms with E-state index in [-0.39, 0.29) is 12.1 Å². The maximum atomic E-state index is 12.6. The largest absolute Gasteiger partial charge is 0.495 e. The molecular formula is C19H16Cl2N2O5. The molecule has 2 aromatic carbocycles. The second-order valence-corrected chi connectivity index (χ2v) is 6.73. The van der Waals surface area contributed by atoms with E-state index in [1.165, 1.54) is 20.3 Å². The van der Waals surface area contributed by atoms with Gasteiger partial charge in [-0.1, -0.05) is 23.2 Å². The van der Waals surface area contributed by atoms with Crippen LogP contribution in [0.3, 0.4) is 0 Å². The molecule has 0 fully saturated rings. The van der Waals surface area contributed by atoms with Gasteiger partial charge in [0.2, 0.25) is 5.91 Å². The van der Waals surface area contributed by atoms with E-state index in [0.717, 1.165) is 0 Å². The van der Waals surface area contributed by atoms with Crippen LogP contribution in [-0.4, -0.2) is 36.2 Å². The number of hydrogen-bond donors (Lipinski definition) is 3. The molecule has 1 amide bonds. The standard InChI is InChI=1S/C19H16Cl2N2O5/c1-27-15-8-16(28-2)14(7-12(15)21)22-17(24)6-11-10-5-9(20)3-4-13(10)23-18(11)19(25)26/h3-5,7-8,23H,6H2,1-2H3,(H,22,24)(H,25,26). The van der Waals surface area contributed by atoms with E-state index in [4.69, 9.17) is 32.7 Å². The minimum atomic E-state index is -1.17. The van der Waals surface area contributed by atoms with E-state index in [0.29, 0.717) is 43.7 Å². The lowest BCUT2D eigenvalue weighted by Gasteiger charge is -2.13. The number of carboxylic acid groups (broad SMARTS) is 1. The number of benzene rings is 2. The molecule has 0 radical (unpaired) electrons. The van der Waals surface area contributed by atoms with E-state index >= 15 is 0 Å². The summed E-state index contributed by atoms with van der Waals surface area (Å²) >= 11 is 12.1. The Balaban J connectivity index is 1.94. The highest BCUT2D eigenvalue weighted by atomic mass is 35.5. The normalized spacial score (nSPS) is 10.7. The number of carbonyl (C=O) groups excluding carboxylic acids is 1. The van der Waals surface area contributed by atoms with Gasteiger partial charge < -0.3 is 24.9 Å². The first-order valence-corrected chi connectivity index (χ1v) is 8.84. The number of hydrogen-bond acceptors (Lipinski definition) is 4. The van der Waals surface area contributed by atoms with Crippen LogP contribution in [0.1, 0.15) is 16.1 Å². The lowest BCUT2D eigenvalue weighted by atomic mass is 10.1. The molecule has 0 atom stereocenters. The van der Waals surface area contributed by atoms with E-state index < -0.39 is 11.9 Å². The van der Waals surface area contributed by atoms with Gasteiger partial charge >= 0.3 is 5.97 Å². The van der Waals surface area contributed by atoms with Gasteiger partial charge in [0.25, 0.3) is 0 Å². The monoisotopic (exact) mass is 422 g/mol. The molecule has 3 N–H and O–H groups in total. The number of anilines is 1. The first-order chi connectivity index (χ1) is 13.3. The molecule has 146 valence electrons. The molecule has 0 aliphatic rings. The van der Waals surface area contributed by atoms with Gasteiger partial charge in [-0.15, -0.1) is 0 Å². The van der Waals surface area contributed by atoms with Crippen molar-refractivity contribution >= 4 is 51.7 Å². The third kappa shape index (κ3) is 3.85. The maximum absolute atomic E-state index is 12.6. The second kappa shape index (κ2) is 8.00. The van der Waals surface area contributed by atoms with Crippen molar-refractivity contribution in [1.29, 1.82) is 0 Å². The molecule has 0 unspecified atom stereocenters. The fourth-order valence-electron chi connectivity index (χ4n) is 2.90. The predicted octanol–water partition coefficient (Wildman–Crippen LogP) is 4.37. The molecule has 28 heavy (non-hydrogen) atoms. The zero-order valence-corrected chi connectivity index (χ0v) is 16.4. The number of halogens is 2. The van der Waals surface area contributed by atoms with Gasteiger partial charge in [-0.05, 0) is 24.3 Å². The van der Waals surface area contributed by atoms with Crippen LogP contribution in [0.15, 0.2) is 30.3 Å². The quantitative estimate of drug-likeness (QED) is 0.547. The van der Waals surface area contributed by atoms with Crippen molar-refractivity contribution in [2.45, 2.75) is 6.42 Å². The van der Waals surface area contributed by atoms with Gasteiger partial charge in [0.1, 0.15) is 17.2 Å². The van der Waals surface area contributed by atoms with Crippen molar-refractivity contribution in [2.75, 3.05) is 19.5 Å². The van der Waals surface area contributed by atoms with Crippen molar-refractivity contribution in [3.63, 3.8) is 0 Å². The molecule has 0 aliphatic heterocycles. The molecule has 7 nitrogen and oxygen atoms in total. The third-order valence-electron chi connectivity index (χ3n) is 4.17. The average Bonchev–Trinajstić information content (AvgIpc) is 3.00. The highest BCUT2D eigenvalue weighted by Crippen LogP contribution is 2.36. The van der Waals surface area contributed by atoms with Crippen molar-refractivity contribution in [3.8, 4) is 11.5 Å². The minimum Gasteiger partial charge on any atom is -0.495 e. The lowest BCUT2D eigenvalue weighted by molar-refractivity contribution is -0.115. The number of fused-ring (bicyclic) bond motifs is 1. The highest BCUT2D eigenvalue weighted by Gasteiger charge is 2.21. The number of carbonyl (C=O) groups is 2. The molecule has 0 saturated carbocycles. The minimum absolute atomic E-state index is 0.0628.